The number of carbonyl (C=O) groups excluding carboxylic acids is 1. The monoisotopic (exact) mass is 267 g/mol. The van der Waals surface area contributed by atoms with E-state index in [1.807, 2.05) is 19.9 Å². The molecule has 0 aromatic carbocycles. The Morgan fingerprint density at radius 3 is 2.78 bits per heavy atom. The maximum Gasteiger partial charge on any atom is 0.307 e. The van der Waals surface area contributed by atoms with Gasteiger partial charge in [0.15, 0.2) is 0 Å². The van der Waals surface area contributed by atoms with E-state index in [0.29, 0.717) is 17.4 Å². The van der Waals surface area contributed by atoms with Crippen molar-refractivity contribution in [1.82, 2.24) is 4.98 Å². The van der Waals surface area contributed by atoms with E-state index in [1.54, 1.807) is 0 Å². The van der Waals surface area contributed by atoms with Crippen LogP contribution in [-0.2, 0) is 9.53 Å². The van der Waals surface area contributed by atoms with E-state index in [4.69, 9.17) is 18.0 Å². The Balaban J connectivity index is 2.87. The summed E-state index contributed by atoms with van der Waals surface area (Å²) >= 11 is 5.01. The molecule has 1 aromatic rings. The van der Waals surface area contributed by atoms with Crippen LogP contribution in [0.1, 0.15) is 23.2 Å². The maximum atomic E-state index is 11.0. The molecule has 0 radical (unpaired) electrons. The van der Waals surface area contributed by atoms with Gasteiger partial charge in [-0.3, -0.25) is 4.79 Å². The van der Waals surface area contributed by atoms with Crippen LogP contribution in [0, 0.1) is 13.8 Å². The first-order valence-corrected chi connectivity index (χ1v) is 5.95. The normalized spacial score (nSPS) is 9.94. The molecule has 1 rings (SSSR count). The van der Waals surface area contributed by atoms with Gasteiger partial charge in [0.25, 0.3) is 0 Å². The quantitative estimate of drug-likeness (QED) is 0.618. The Morgan fingerprint density at radius 1 is 1.56 bits per heavy atom. The molecule has 0 spiro atoms. The fourth-order valence-electron chi connectivity index (χ4n) is 1.66. The number of nitrogens with two attached hydrogens (primary N) is 1. The summed E-state index contributed by atoms with van der Waals surface area (Å²) in [6.45, 7) is 4.24. The predicted molar refractivity (Wildman–Crippen MR) is 74.7 cm³/mol. The molecule has 6 heteroatoms. The number of carbonyl (C=O) groups is 1. The van der Waals surface area contributed by atoms with Crippen LogP contribution in [0.3, 0.4) is 0 Å². The predicted octanol–water partition coefficient (Wildman–Crippen LogP) is 1.31. The zero-order valence-corrected chi connectivity index (χ0v) is 11.6. The van der Waals surface area contributed by atoms with Gasteiger partial charge in [-0.15, -0.1) is 0 Å². The third-order valence-corrected chi connectivity index (χ3v) is 2.64. The molecule has 0 unspecified atom stereocenters. The van der Waals surface area contributed by atoms with E-state index in [2.05, 4.69) is 15.0 Å². The number of anilines is 1. The topological polar surface area (TPSA) is 77.2 Å². The van der Waals surface area contributed by atoms with Crippen LogP contribution in [0.2, 0.25) is 0 Å². The lowest BCUT2D eigenvalue weighted by molar-refractivity contribution is -0.140. The van der Waals surface area contributed by atoms with Gasteiger partial charge in [0.2, 0.25) is 0 Å². The summed E-state index contributed by atoms with van der Waals surface area (Å²) in [6, 6.07) is 1.92. The van der Waals surface area contributed by atoms with E-state index in [-0.39, 0.29) is 12.4 Å². The first-order chi connectivity index (χ1) is 8.45. The average Bonchev–Trinajstić information content (AvgIpc) is 2.27. The maximum absolute atomic E-state index is 11.0. The summed E-state index contributed by atoms with van der Waals surface area (Å²) in [5.41, 5.74) is 8.24. The molecule has 0 atom stereocenters. The summed E-state index contributed by atoms with van der Waals surface area (Å²) in [5.74, 6) is 0.340. The minimum Gasteiger partial charge on any atom is -0.469 e. The molecule has 0 aliphatic heterocycles. The van der Waals surface area contributed by atoms with Gasteiger partial charge in [-0.05, 0) is 25.5 Å². The lowest BCUT2D eigenvalue weighted by Crippen LogP contribution is -2.18. The summed E-state index contributed by atoms with van der Waals surface area (Å²) < 4.78 is 4.56. The van der Waals surface area contributed by atoms with E-state index >= 15 is 0 Å². The minimum absolute atomic E-state index is 0.266. The Kier molecular flexibility index (Phi) is 5.03. The van der Waals surface area contributed by atoms with Crippen molar-refractivity contribution < 1.29 is 9.53 Å². The standard InChI is InChI=1S/C12H17N3O2S/c1-7-6-8(2)15-12(10(7)11(13)18)14-5-4-9(16)17-3/h6H,4-5H2,1-3H3,(H2,13,18)(H,14,15). The molecule has 0 saturated heterocycles. The Morgan fingerprint density at radius 2 is 2.22 bits per heavy atom. The minimum atomic E-state index is -0.274. The molecule has 1 heterocycles. The SMILES string of the molecule is COC(=O)CCNc1nc(C)cc(C)c1C(N)=S. The van der Waals surface area contributed by atoms with Crippen LogP contribution in [0.25, 0.3) is 0 Å². The molecular weight excluding hydrogens is 250 g/mol. The van der Waals surface area contributed by atoms with E-state index in [1.165, 1.54) is 7.11 Å². The van der Waals surface area contributed by atoms with Crippen molar-refractivity contribution in [2.45, 2.75) is 20.3 Å². The summed E-state index contributed by atoms with van der Waals surface area (Å²) in [6.07, 6.45) is 0.266. The molecule has 0 bridgehead atoms. The number of pyridine rings is 1. The number of nitrogens with zero attached hydrogens (tertiary/aromatic N) is 1. The van der Waals surface area contributed by atoms with Gasteiger partial charge in [-0.25, -0.2) is 4.98 Å². The van der Waals surface area contributed by atoms with Crippen LogP contribution in [-0.4, -0.2) is 29.6 Å². The number of hydrogen-bond donors (Lipinski definition) is 2. The second-order valence-electron chi connectivity index (χ2n) is 3.92. The van der Waals surface area contributed by atoms with E-state index in [9.17, 15) is 4.79 Å². The molecule has 98 valence electrons. The molecule has 0 amide bonds. The molecule has 1 aromatic heterocycles. The van der Waals surface area contributed by atoms with Gasteiger partial charge in [-0.1, -0.05) is 12.2 Å². The Labute approximate surface area is 112 Å². The number of thiocarbonyl (C=S) groups is 1. The third-order valence-electron chi connectivity index (χ3n) is 2.44. The van der Waals surface area contributed by atoms with Crippen LogP contribution in [0.4, 0.5) is 5.82 Å². The number of nitrogens with one attached hydrogen (secondary N) is 1. The van der Waals surface area contributed by atoms with Gasteiger partial charge in [0, 0.05) is 12.2 Å². The molecule has 18 heavy (non-hydrogen) atoms. The van der Waals surface area contributed by atoms with Crippen molar-refractivity contribution in [2.24, 2.45) is 5.73 Å². The second kappa shape index (κ2) is 6.30. The van der Waals surface area contributed by atoms with E-state index < -0.39 is 0 Å². The van der Waals surface area contributed by atoms with Crippen LogP contribution >= 0.6 is 12.2 Å². The van der Waals surface area contributed by atoms with E-state index in [0.717, 1.165) is 16.8 Å². The smallest absolute Gasteiger partial charge is 0.307 e. The fourth-order valence-corrected chi connectivity index (χ4v) is 1.92. The average molecular weight is 267 g/mol. The van der Waals surface area contributed by atoms with Crippen molar-refractivity contribution in [2.75, 3.05) is 19.0 Å². The van der Waals surface area contributed by atoms with Crippen molar-refractivity contribution in [3.05, 3.63) is 22.9 Å². The molecular formula is C12H17N3O2S. The van der Waals surface area contributed by atoms with Crippen molar-refractivity contribution in [3.63, 3.8) is 0 Å². The van der Waals surface area contributed by atoms with Crippen molar-refractivity contribution in [1.29, 1.82) is 0 Å². The van der Waals surface area contributed by atoms with Crippen molar-refractivity contribution in [3.8, 4) is 0 Å². The van der Waals surface area contributed by atoms with Gasteiger partial charge >= 0.3 is 5.97 Å². The Bertz CT molecular complexity index is 475. The van der Waals surface area contributed by atoms with Gasteiger partial charge in [-0.2, -0.15) is 0 Å². The lowest BCUT2D eigenvalue weighted by atomic mass is 10.1. The van der Waals surface area contributed by atoms with Gasteiger partial charge in [0.05, 0.1) is 19.1 Å². The van der Waals surface area contributed by atoms with Crippen LogP contribution in [0.5, 0.6) is 0 Å². The first-order valence-electron chi connectivity index (χ1n) is 5.54. The zero-order valence-electron chi connectivity index (χ0n) is 10.7. The molecule has 0 saturated carbocycles. The highest BCUT2D eigenvalue weighted by Crippen LogP contribution is 2.18. The van der Waals surface area contributed by atoms with Crippen LogP contribution in [0.15, 0.2) is 6.07 Å². The molecule has 5 nitrogen and oxygen atoms in total. The summed E-state index contributed by atoms with van der Waals surface area (Å²) in [7, 11) is 1.36. The number of esters is 1. The highest BCUT2D eigenvalue weighted by Gasteiger charge is 2.11. The second-order valence-corrected chi connectivity index (χ2v) is 4.36. The number of aromatic nitrogens is 1. The number of methoxy groups -OCH3 is 1. The van der Waals surface area contributed by atoms with Gasteiger partial charge in [0.1, 0.15) is 10.8 Å². The summed E-state index contributed by atoms with van der Waals surface area (Å²) in [5, 5.41) is 3.06. The first kappa shape index (κ1) is 14.4. The molecule has 3 N–H and O–H groups in total. The Hall–Kier alpha value is -1.69. The number of hydrogen-bond acceptors (Lipinski definition) is 5. The molecule has 0 aliphatic rings. The number of ether oxygens (including phenoxy) is 1. The fraction of sp³-hybridized carbons (Fsp3) is 0.417. The highest BCUT2D eigenvalue weighted by atomic mass is 32.1. The largest absolute Gasteiger partial charge is 0.469 e. The molecule has 0 aliphatic carbocycles. The molecule has 0 fully saturated rings. The number of rotatable bonds is 5. The van der Waals surface area contributed by atoms with Gasteiger partial charge < -0.3 is 15.8 Å². The zero-order chi connectivity index (χ0) is 13.7. The third kappa shape index (κ3) is 3.66. The summed E-state index contributed by atoms with van der Waals surface area (Å²) in [4.78, 5) is 15.7. The lowest BCUT2D eigenvalue weighted by Gasteiger charge is -2.13. The van der Waals surface area contributed by atoms with Crippen LogP contribution < -0.4 is 11.1 Å². The number of aryl methyl sites for hydroxylation is 2. The van der Waals surface area contributed by atoms with Crippen molar-refractivity contribution >= 4 is 29.0 Å². The highest BCUT2D eigenvalue weighted by molar-refractivity contribution is 7.80.